The molecule has 2 aliphatic heterocycles. The summed E-state index contributed by atoms with van der Waals surface area (Å²) in [7, 11) is 0. The first-order valence-electron chi connectivity index (χ1n) is 8.15. The Labute approximate surface area is 136 Å². The number of likely N-dealkylation sites (tertiary alicyclic amines) is 1. The highest BCUT2D eigenvalue weighted by molar-refractivity contribution is 7.09. The van der Waals surface area contributed by atoms with Gasteiger partial charge in [-0.05, 0) is 18.3 Å². The SMILES string of the molecule is CC1CC(C)CN(C(=O)c2csc(CN3CCOCC3)n2)C1. The van der Waals surface area contributed by atoms with Crippen LogP contribution in [0.4, 0.5) is 0 Å². The summed E-state index contributed by atoms with van der Waals surface area (Å²) in [5, 5.41) is 2.95. The third-order valence-electron chi connectivity index (χ3n) is 4.39. The van der Waals surface area contributed by atoms with Gasteiger partial charge in [-0.25, -0.2) is 4.98 Å². The molecule has 0 aliphatic carbocycles. The first-order chi connectivity index (χ1) is 10.6. The minimum Gasteiger partial charge on any atom is -0.379 e. The molecule has 5 nitrogen and oxygen atoms in total. The molecule has 2 fully saturated rings. The average molecular weight is 323 g/mol. The number of carbonyl (C=O) groups excluding carboxylic acids is 1. The summed E-state index contributed by atoms with van der Waals surface area (Å²) in [6.45, 7) is 10.5. The van der Waals surface area contributed by atoms with E-state index >= 15 is 0 Å². The van der Waals surface area contributed by atoms with Gasteiger partial charge in [-0.2, -0.15) is 0 Å². The van der Waals surface area contributed by atoms with Crippen LogP contribution in [-0.2, 0) is 11.3 Å². The molecular formula is C16H25N3O2S. The zero-order chi connectivity index (χ0) is 15.5. The van der Waals surface area contributed by atoms with Crippen molar-refractivity contribution in [1.82, 2.24) is 14.8 Å². The van der Waals surface area contributed by atoms with Crippen molar-refractivity contribution >= 4 is 17.2 Å². The predicted molar refractivity (Wildman–Crippen MR) is 87.1 cm³/mol. The molecule has 2 aliphatic rings. The van der Waals surface area contributed by atoms with E-state index in [9.17, 15) is 4.79 Å². The third-order valence-corrected chi connectivity index (χ3v) is 5.22. The van der Waals surface area contributed by atoms with E-state index in [4.69, 9.17) is 4.74 Å². The summed E-state index contributed by atoms with van der Waals surface area (Å²) < 4.78 is 5.36. The van der Waals surface area contributed by atoms with Gasteiger partial charge in [0.25, 0.3) is 5.91 Å². The van der Waals surface area contributed by atoms with Gasteiger partial charge in [-0.15, -0.1) is 11.3 Å². The number of hydrogen-bond donors (Lipinski definition) is 0. The van der Waals surface area contributed by atoms with E-state index in [1.807, 2.05) is 10.3 Å². The number of carbonyl (C=O) groups is 1. The van der Waals surface area contributed by atoms with Crippen LogP contribution in [0.5, 0.6) is 0 Å². The molecule has 0 spiro atoms. The van der Waals surface area contributed by atoms with Gasteiger partial charge in [-0.3, -0.25) is 9.69 Å². The fraction of sp³-hybridized carbons (Fsp3) is 0.750. The van der Waals surface area contributed by atoms with Crippen LogP contribution >= 0.6 is 11.3 Å². The molecule has 1 amide bonds. The minimum absolute atomic E-state index is 0.0999. The molecule has 122 valence electrons. The lowest BCUT2D eigenvalue weighted by atomic mass is 9.92. The van der Waals surface area contributed by atoms with Gasteiger partial charge >= 0.3 is 0 Å². The Kier molecular flexibility index (Phi) is 5.10. The molecule has 3 rings (SSSR count). The highest BCUT2D eigenvalue weighted by Crippen LogP contribution is 2.23. The summed E-state index contributed by atoms with van der Waals surface area (Å²) in [4.78, 5) is 21.5. The van der Waals surface area contributed by atoms with Crippen molar-refractivity contribution in [2.75, 3.05) is 39.4 Å². The summed E-state index contributed by atoms with van der Waals surface area (Å²) >= 11 is 1.60. The maximum atomic E-state index is 12.6. The summed E-state index contributed by atoms with van der Waals surface area (Å²) in [6, 6.07) is 0. The van der Waals surface area contributed by atoms with Crippen molar-refractivity contribution < 1.29 is 9.53 Å². The van der Waals surface area contributed by atoms with Crippen molar-refractivity contribution in [2.45, 2.75) is 26.8 Å². The van der Waals surface area contributed by atoms with Crippen LogP contribution in [-0.4, -0.2) is 60.1 Å². The molecular weight excluding hydrogens is 298 g/mol. The highest BCUT2D eigenvalue weighted by atomic mass is 32.1. The normalized spacial score (nSPS) is 27.1. The molecule has 0 radical (unpaired) electrons. The Balaban J connectivity index is 1.61. The van der Waals surface area contributed by atoms with Gasteiger partial charge in [0.05, 0.1) is 19.8 Å². The lowest BCUT2D eigenvalue weighted by Crippen LogP contribution is -2.42. The Morgan fingerprint density at radius 2 is 2.00 bits per heavy atom. The molecule has 1 aromatic rings. The van der Waals surface area contributed by atoms with Crippen LogP contribution in [0, 0.1) is 11.8 Å². The fourth-order valence-electron chi connectivity index (χ4n) is 3.42. The summed E-state index contributed by atoms with van der Waals surface area (Å²) in [5.74, 6) is 1.26. The molecule has 22 heavy (non-hydrogen) atoms. The van der Waals surface area contributed by atoms with Crippen molar-refractivity contribution in [3.63, 3.8) is 0 Å². The largest absolute Gasteiger partial charge is 0.379 e. The molecule has 1 aromatic heterocycles. The first kappa shape index (κ1) is 15.9. The molecule has 0 aromatic carbocycles. The van der Waals surface area contributed by atoms with Gasteiger partial charge in [0.2, 0.25) is 0 Å². The zero-order valence-corrected chi connectivity index (χ0v) is 14.3. The lowest BCUT2D eigenvalue weighted by Gasteiger charge is -2.34. The van der Waals surface area contributed by atoms with Crippen LogP contribution in [0.2, 0.25) is 0 Å². The molecule has 2 atom stereocenters. The van der Waals surface area contributed by atoms with Gasteiger partial charge in [0, 0.05) is 31.6 Å². The van der Waals surface area contributed by atoms with E-state index in [0.717, 1.165) is 50.9 Å². The smallest absolute Gasteiger partial charge is 0.273 e. The van der Waals surface area contributed by atoms with Crippen molar-refractivity contribution in [2.24, 2.45) is 11.8 Å². The molecule has 2 saturated heterocycles. The van der Waals surface area contributed by atoms with Crippen molar-refractivity contribution in [3.05, 3.63) is 16.1 Å². The lowest BCUT2D eigenvalue weighted by molar-refractivity contribution is 0.0341. The Hall–Kier alpha value is -0.980. The number of aromatic nitrogens is 1. The minimum atomic E-state index is 0.0999. The monoisotopic (exact) mass is 323 g/mol. The van der Waals surface area contributed by atoms with E-state index in [-0.39, 0.29) is 5.91 Å². The number of amides is 1. The van der Waals surface area contributed by atoms with Gasteiger partial charge in [-0.1, -0.05) is 13.8 Å². The van der Waals surface area contributed by atoms with Crippen LogP contribution < -0.4 is 0 Å². The second-order valence-electron chi connectivity index (χ2n) is 6.67. The number of hydrogen-bond acceptors (Lipinski definition) is 5. The van der Waals surface area contributed by atoms with Crippen LogP contribution in [0.25, 0.3) is 0 Å². The second kappa shape index (κ2) is 7.06. The molecule has 3 heterocycles. The van der Waals surface area contributed by atoms with Crippen LogP contribution in [0.15, 0.2) is 5.38 Å². The number of thiazole rings is 1. The molecule has 0 saturated carbocycles. The average Bonchev–Trinajstić information content (AvgIpc) is 2.95. The van der Waals surface area contributed by atoms with E-state index in [2.05, 4.69) is 23.7 Å². The van der Waals surface area contributed by atoms with Crippen molar-refractivity contribution in [1.29, 1.82) is 0 Å². The van der Waals surface area contributed by atoms with Crippen LogP contribution in [0.3, 0.4) is 0 Å². The fourth-order valence-corrected chi connectivity index (χ4v) is 4.23. The van der Waals surface area contributed by atoms with E-state index in [1.165, 1.54) is 6.42 Å². The van der Waals surface area contributed by atoms with E-state index in [1.54, 1.807) is 11.3 Å². The Bertz CT molecular complexity index is 503. The Morgan fingerprint density at radius 1 is 1.32 bits per heavy atom. The molecule has 2 unspecified atom stereocenters. The standard InChI is InChI=1S/C16H25N3O2S/c1-12-7-13(2)9-19(8-12)16(20)14-11-22-15(17-14)10-18-3-5-21-6-4-18/h11-13H,3-10H2,1-2H3. The number of piperidine rings is 1. The molecule has 0 N–H and O–H groups in total. The van der Waals surface area contributed by atoms with Crippen LogP contribution in [0.1, 0.15) is 35.8 Å². The predicted octanol–water partition coefficient (Wildman–Crippen LogP) is 2.09. The number of ether oxygens (including phenoxy) is 1. The topological polar surface area (TPSA) is 45.7 Å². The second-order valence-corrected chi connectivity index (χ2v) is 7.61. The van der Waals surface area contributed by atoms with Gasteiger partial charge in [0.1, 0.15) is 10.7 Å². The zero-order valence-electron chi connectivity index (χ0n) is 13.5. The van der Waals surface area contributed by atoms with Gasteiger partial charge in [0.15, 0.2) is 0 Å². The quantitative estimate of drug-likeness (QED) is 0.854. The van der Waals surface area contributed by atoms with E-state index in [0.29, 0.717) is 17.5 Å². The summed E-state index contributed by atoms with van der Waals surface area (Å²) in [5.41, 5.74) is 0.620. The maximum Gasteiger partial charge on any atom is 0.273 e. The number of morpholine rings is 1. The van der Waals surface area contributed by atoms with Gasteiger partial charge < -0.3 is 9.64 Å². The molecule has 6 heteroatoms. The highest BCUT2D eigenvalue weighted by Gasteiger charge is 2.27. The number of rotatable bonds is 3. The van der Waals surface area contributed by atoms with Crippen molar-refractivity contribution in [3.8, 4) is 0 Å². The third kappa shape index (κ3) is 3.86. The first-order valence-corrected chi connectivity index (χ1v) is 9.03. The maximum absolute atomic E-state index is 12.6. The summed E-state index contributed by atoms with van der Waals surface area (Å²) in [6.07, 6.45) is 1.21. The molecule has 0 bridgehead atoms. The Morgan fingerprint density at radius 3 is 2.68 bits per heavy atom. The van der Waals surface area contributed by atoms with E-state index < -0.39 is 0 Å². The number of nitrogens with zero attached hydrogens (tertiary/aromatic N) is 3.